The summed E-state index contributed by atoms with van der Waals surface area (Å²) in [5, 5.41) is 2.63. The number of Topliss-reactive ketones (excluding diaryl/α,β-unsaturated/α-hetero) is 1. The van der Waals surface area contributed by atoms with E-state index in [1.54, 1.807) is 25.3 Å². The number of ether oxygens (including phenoxy) is 3. The van der Waals surface area contributed by atoms with E-state index in [9.17, 15) is 14.4 Å². The van der Waals surface area contributed by atoms with Crippen molar-refractivity contribution in [2.75, 3.05) is 20.8 Å². The Morgan fingerprint density at radius 2 is 1.74 bits per heavy atom. The van der Waals surface area contributed by atoms with Crippen molar-refractivity contribution in [3.05, 3.63) is 23.8 Å². The first kappa shape index (κ1) is 18.5. The van der Waals surface area contributed by atoms with Gasteiger partial charge in [-0.05, 0) is 24.6 Å². The highest BCUT2D eigenvalue weighted by Gasteiger charge is 2.09. The van der Waals surface area contributed by atoms with Gasteiger partial charge in [0.15, 0.2) is 18.1 Å². The molecule has 1 amide bonds. The number of amides is 1. The first-order valence-corrected chi connectivity index (χ1v) is 7.09. The molecule has 0 spiro atoms. The molecule has 1 aromatic rings. The average molecular weight is 323 g/mol. The highest BCUT2D eigenvalue weighted by molar-refractivity contribution is 5.83. The lowest BCUT2D eigenvalue weighted by Gasteiger charge is -2.10. The quantitative estimate of drug-likeness (QED) is 0.687. The fourth-order valence-corrected chi connectivity index (χ4v) is 1.74. The van der Waals surface area contributed by atoms with Gasteiger partial charge in [-0.3, -0.25) is 9.59 Å². The zero-order valence-electron chi connectivity index (χ0n) is 13.5. The minimum atomic E-state index is -0.568. The van der Waals surface area contributed by atoms with E-state index in [0.29, 0.717) is 11.5 Å². The summed E-state index contributed by atoms with van der Waals surface area (Å²) < 4.78 is 15.1. The molecule has 126 valence electrons. The number of ketones is 1. The zero-order chi connectivity index (χ0) is 17.2. The monoisotopic (exact) mass is 323 g/mol. The fraction of sp³-hybridized carbons (Fsp3) is 0.438. The summed E-state index contributed by atoms with van der Waals surface area (Å²) in [5.74, 6) is 0.0779. The van der Waals surface area contributed by atoms with Crippen LogP contribution in [0.1, 0.15) is 25.3 Å². The molecule has 7 heteroatoms. The number of carbonyl (C=O) groups excluding carboxylic acids is 3. The van der Waals surface area contributed by atoms with Crippen LogP contribution in [0.25, 0.3) is 0 Å². The van der Waals surface area contributed by atoms with Gasteiger partial charge in [0.1, 0.15) is 5.78 Å². The number of esters is 1. The molecule has 1 N–H and O–H groups in total. The highest BCUT2D eigenvalue weighted by Crippen LogP contribution is 2.27. The summed E-state index contributed by atoms with van der Waals surface area (Å²) >= 11 is 0. The third kappa shape index (κ3) is 6.82. The van der Waals surface area contributed by atoms with Crippen LogP contribution in [0.5, 0.6) is 11.5 Å². The molecule has 1 rings (SSSR count). The molecule has 0 aliphatic carbocycles. The molecule has 23 heavy (non-hydrogen) atoms. The molecule has 0 atom stereocenters. The number of carbonyl (C=O) groups is 3. The molecule has 7 nitrogen and oxygen atoms in total. The minimum Gasteiger partial charge on any atom is -0.493 e. The Morgan fingerprint density at radius 1 is 1.04 bits per heavy atom. The summed E-state index contributed by atoms with van der Waals surface area (Å²) in [4.78, 5) is 33.7. The van der Waals surface area contributed by atoms with Crippen LogP contribution < -0.4 is 14.8 Å². The van der Waals surface area contributed by atoms with Gasteiger partial charge in [0.05, 0.1) is 20.6 Å². The van der Waals surface area contributed by atoms with Gasteiger partial charge in [-0.1, -0.05) is 6.07 Å². The van der Waals surface area contributed by atoms with E-state index < -0.39 is 11.9 Å². The van der Waals surface area contributed by atoms with Gasteiger partial charge < -0.3 is 24.3 Å². The largest absolute Gasteiger partial charge is 0.493 e. The van der Waals surface area contributed by atoms with Crippen LogP contribution in [0.3, 0.4) is 0 Å². The summed E-state index contributed by atoms with van der Waals surface area (Å²) in [6, 6.07) is 5.28. The second kappa shape index (κ2) is 9.45. The maximum absolute atomic E-state index is 11.6. The molecule has 0 aliphatic rings. The first-order chi connectivity index (χ1) is 11.0. The molecular formula is C16H21NO6. The van der Waals surface area contributed by atoms with Gasteiger partial charge >= 0.3 is 5.97 Å². The molecule has 0 aliphatic heterocycles. The fourth-order valence-electron chi connectivity index (χ4n) is 1.74. The van der Waals surface area contributed by atoms with Gasteiger partial charge in [0.2, 0.25) is 0 Å². The van der Waals surface area contributed by atoms with Crippen LogP contribution in [0.4, 0.5) is 0 Å². The predicted octanol–water partition coefficient (Wildman–Crippen LogP) is 1.23. The first-order valence-electron chi connectivity index (χ1n) is 7.09. The molecule has 0 heterocycles. The molecule has 0 saturated carbocycles. The standard InChI is InChI=1S/C16H21NO6/c1-11(18)4-7-16(20)23-10-15(19)17-9-12-5-6-13(21-2)14(8-12)22-3/h5-6,8H,4,7,9-10H2,1-3H3,(H,17,19). The lowest BCUT2D eigenvalue weighted by Crippen LogP contribution is -2.28. The summed E-state index contributed by atoms with van der Waals surface area (Å²) in [6.45, 7) is 1.29. The molecular weight excluding hydrogens is 302 g/mol. The van der Waals surface area contributed by atoms with Crippen molar-refractivity contribution >= 4 is 17.7 Å². The van der Waals surface area contributed by atoms with E-state index in [-0.39, 0.29) is 31.8 Å². The summed E-state index contributed by atoms with van der Waals surface area (Å²) in [5.41, 5.74) is 0.818. The lowest BCUT2D eigenvalue weighted by molar-refractivity contribution is -0.149. The van der Waals surface area contributed by atoms with E-state index in [0.717, 1.165) is 5.56 Å². The molecule has 0 radical (unpaired) electrons. The molecule has 0 saturated heterocycles. The van der Waals surface area contributed by atoms with Crippen LogP contribution >= 0.6 is 0 Å². The van der Waals surface area contributed by atoms with Crippen molar-refractivity contribution in [2.24, 2.45) is 0 Å². The molecule has 0 bridgehead atoms. The van der Waals surface area contributed by atoms with E-state index in [1.807, 2.05) is 0 Å². The number of rotatable bonds is 9. The van der Waals surface area contributed by atoms with Crippen LogP contribution in [0.15, 0.2) is 18.2 Å². The smallest absolute Gasteiger partial charge is 0.306 e. The molecule has 0 unspecified atom stereocenters. The van der Waals surface area contributed by atoms with E-state index >= 15 is 0 Å². The van der Waals surface area contributed by atoms with Gasteiger partial charge in [-0.15, -0.1) is 0 Å². The Bertz CT molecular complexity index is 570. The van der Waals surface area contributed by atoms with Crippen LogP contribution in [-0.2, 0) is 25.7 Å². The maximum Gasteiger partial charge on any atom is 0.306 e. The summed E-state index contributed by atoms with van der Waals surface area (Å²) in [7, 11) is 3.07. The number of hydrogen-bond acceptors (Lipinski definition) is 6. The lowest BCUT2D eigenvalue weighted by atomic mass is 10.2. The van der Waals surface area contributed by atoms with Crippen molar-refractivity contribution in [2.45, 2.75) is 26.3 Å². The number of nitrogens with one attached hydrogen (secondary N) is 1. The van der Waals surface area contributed by atoms with Crippen molar-refractivity contribution in [3.8, 4) is 11.5 Å². The van der Waals surface area contributed by atoms with Gasteiger partial charge in [0.25, 0.3) is 5.91 Å². The third-order valence-corrected chi connectivity index (χ3v) is 2.98. The SMILES string of the molecule is COc1ccc(CNC(=O)COC(=O)CCC(C)=O)cc1OC. The second-order valence-electron chi connectivity index (χ2n) is 4.83. The van der Waals surface area contributed by atoms with E-state index in [4.69, 9.17) is 14.2 Å². The predicted molar refractivity (Wildman–Crippen MR) is 82.3 cm³/mol. The van der Waals surface area contributed by atoms with Crippen molar-refractivity contribution in [3.63, 3.8) is 0 Å². The second-order valence-corrected chi connectivity index (χ2v) is 4.83. The van der Waals surface area contributed by atoms with E-state index in [2.05, 4.69) is 5.32 Å². The number of methoxy groups -OCH3 is 2. The van der Waals surface area contributed by atoms with E-state index in [1.165, 1.54) is 14.0 Å². The van der Waals surface area contributed by atoms with Crippen molar-refractivity contribution in [1.82, 2.24) is 5.32 Å². The normalized spacial score (nSPS) is 9.87. The minimum absolute atomic E-state index is 0.0156. The van der Waals surface area contributed by atoms with Gasteiger partial charge in [0, 0.05) is 13.0 Å². The Kier molecular flexibility index (Phi) is 7.59. The third-order valence-electron chi connectivity index (χ3n) is 2.98. The Hall–Kier alpha value is -2.57. The number of benzene rings is 1. The maximum atomic E-state index is 11.6. The van der Waals surface area contributed by atoms with Crippen LogP contribution in [-0.4, -0.2) is 38.5 Å². The van der Waals surface area contributed by atoms with Gasteiger partial charge in [-0.25, -0.2) is 0 Å². The Labute approximate surface area is 134 Å². The Balaban J connectivity index is 2.38. The highest BCUT2D eigenvalue weighted by atomic mass is 16.5. The Morgan fingerprint density at radius 3 is 2.35 bits per heavy atom. The molecule has 0 aromatic heterocycles. The molecule has 1 aromatic carbocycles. The zero-order valence-corrected chi connectivity index (χ0v) is 13.5. The summed E-state index contributed by atoms with van der Waals surface area (Å²) in [6.07, 6.45) is 0.102. The van der Waals surface area contributed by atoms with Crippen molar-refractivity contribution < 1.29 is 28.6 Å². The average Bonchev–Trinajstić information content (AvgIpc) is 2.55. The van der Waals surface area contributed by atoms with Crippen LogP contribution in [0.2, 0.25) is 0 Å². The number of hydrogen-bond donors (Lipinski definition) is 1. The van der Waals surface area contributed by atoms with Crippen LogP contribution in [0, 0.1) is 0 Å². The van der Waals surface area contributed by atoms with Gasteiger partial charge in [-0.2, -0.15) is 0 Å². The van der Waals surface area contributed by atoms with Crippen molar-refractivity contribution in [1.29, 1.82) is 0 Å². The topological polar surface area (TPSA) is 90.9 Å². The molecule has 0 fully saturated rings.